The van der Waals surface area contributed by atoms with E-state index in [0.717, 1.165) is 23.3 Å². The molecule has 0 aliphatic heterocycles. The Bertz CT molecular complexity index is 383. The predicted octanol–water partition coefficient (Wildman–Crippen LogP) is 3.09. The van der Waals surface area contributed by atoms with Crippen molar-refractivity contribution in [1.82, 2.24) is 0 Å². The van der Waals surface area contributed by atoms with Crippen LogP contribution in [0.3, 0.4) is 0 Å². The second-order valence-corrected chi connectivity index (χ2v) is 4.14. The summed E-state index contributed by atoms with van der Waals surface area (Å²) < 4.78 is 10.8. The van der Waals surface area contributed by atoms with Crippen LogP contribution >= 0.6 is 0 Å². The SMILES string of the molecule is C=C(C)CCOc1cc(OC)ccc1[C@@H](C)O. The molecule has 0 spiro atoms. The van der Waals surface area contributed by atoms with Crippen LogP contribution in [0.1, 0.15) is 31.9 Å². The van der Waals surface area contributed by atoms with Gasteiger partial charge in [-0.1, -0.05) is 5.57 Å². The summed E-state index contributed by atoms with van der Waals surface area (Å²) in [6.45, 7) is 8.06. The van der Waals surface area contributed by atoms with Crippen LogP contribution in [0.15, 0.2) is 30.4 Å². The zero-order chi connectivity index (χ0) is 12.8. The molecule has 0 radical (unpaired) electrons. The minimum Gasteiger partial charge on any atom is -0.497 e. The Balaban J connectivity index is 2.81. The van der Waals surface area contributed by atoms with Crippen molar-refractivity contribution in [3.05, 3.63) is 35.9 Å². The molecule has 0 saturated carbocycles. The molecule has 1 aromatic carbocycles. The maximum absolute atomic E-state index is 9.64. The van der Waals surface area contributed by atoms with E-state index >= 15 is 0 Å². The maximum atomic E-state index is 9.64. The quantitative estimate of drug-likeness (QED) is 0.771. The number of benzene rings is 1. The van der Waals surface area contributed by atoms with Gasteiger partial charge in [-0.15, -0.1) is 6.58 Å². The van der Waals surface area contributed by atoms with E-state index in [1.165, 1.54) is 0 Å². The molecule has 0 aromatic heterocycles. The van der Waals surface area contributed by atoms with Crippen LogP contribution in [0.4, 0.5) is 0 Å². The lowest BCUT2D eigenvalue weighted by Crippen LogP contribution is -2.03. The molecule has 0 saturated heterocycles. The molecule has 3 heteroatoms. The van der Waals surface area contributed by atoms with Crippen LogP contribution < -0.4 is 9.47 Å². The average molecular weight is 236 g/mol. The van der Waals surface area contributed by atoms with Crippen molar-refractivity contribution in [2.75, 3.05) is 13.7 Å². The zero-order valence-corrected chi connectivity index (χ0v) is 10.7. The number of aliphatic hydroxyl groups excluding tert-OH is 1. The summed E-state index contributed by atoms with van der Waals surface area (Å²) in [5, 5.41) is 9.64. The van der Waals surface area contributed by atoms with Crippen LogP contribution in [-0.4, -0.2) is 18.8 Å². The van der Waals surface area contributed by atoms with E-state index < -0.39 is 6.10 Å². The summed E-state index contributed by atoms with van der Waals surface area (Å²) in [6, 6.07) is 5.42. The topological polar surface area (TPSA) is 38.7 Å². The first-order chi connectivity index (χ1) is 8.04. The van der Waals surface area contributed by atoms with Crippen LogP contribution in [0, 0.1) is 0 Å². The Labute approximate surface area is 103 Å². The normalized spacial score (nSPS) is 12.0. The van der Waals surface area contributed by atoms with Crippen molar-refractivity contribution >= 4 is 0 Å². The molecule has 0 fully saturated rings. The Morgan fingerprint density at radius 1 is 1.47 bits per heavy atom. The second kappa shape index (κ2) is 6.30. The van der Waals surface area contributed by atoms with Gasteiger partial charge in [0.2, 0.25) is 0 Å². The molecular weight excluding hydrogens is 216 g/mol. The summed E-state index contributed by atoms with van der Waals surface area (Å²) in [6.07, 6.45) is 0.247. The molecule has 0 heterocycles. The van der Waals surface area contributed by atoms with Gasteiger partial charge in [-0.2, -0.15) is 0 Å². The number of hydrogen-bond acceptors (Lipinski definition) is 3. The van der Waals surface area contributed by atoms with E-state index in [4.69, 9.17) is 9.47 Å². The van der Waals surface area contributed by atoms with E-state index in [0.29, 0.717) is 12.4 Å². The van der Waals surface area contributed by atoms with Gasteiger partial charge in [0.15, 0.2) is 0 Å². The van der Waals surface area contributed by atoms with Crippen molar-refractivity contribution in [3.63, 3.8) is 0 Å². The van der Waals surface area contributed by atoms with Crippen molar-refractivity contribution in [2.45, 2.75) is 26.4 Å². The number of hydrogen-bond donors (Lipinski definition) is 1. The first-order valence-electron chi connectivity index (χ1n) is 5.67. The molecule has 3 nitrogen and oxygen atoms in total. The minimum absolute atomic E-state index is 0.555. The first kappa shape index (κ1) is 13.6. The smallest absolute Gasteiger partial charge is 0.128 e. The fraction of sp³-hybridized carbons (Fsp3) is 0.429. The third kappa shape index (κ3) is 4.11. The first-order valence-corrected chi connectivity index (χ1v) is 5.67. The summed E-state index contributed by atoms with van der Waals surface area (Å²) in [7, 11) is 1.61. The molecule has 0 unspecified atom stereocenters. The Morgan fingerprint density at radius 2 is 2.18 bits per heavy atom. The number of ether oxygens (including phenoxy) is 2. The molecule has 1 atom stereocenters. The van der Waals surface area contributed by atoms with Crippen LogP contribution in [0.2, 0.25) is 0 Å². The van der Waals surface area contributed by atoms with Gasteiger partial charge in [0.1, 0.15) is 11.5 Å². The van der Waals surface area contributed by atoms with Crippen LogP contribution in [0.5, 0.6) is 11.5 Å². The van der Waals surface area contributed by atoms with Gasteiger partial charge in [-0.3, -0.25) is 0 Å². The van der Waals surface area contributed by atoms with E-state index in [9.17, 15) is 5.11 Å². The van der Waals surface area contributed by atoms with E-state index in [-0.39, 0.29) is 0 Å². The second-order valence-electron chi connectivity index (χ2n) is 4.14. The van der Waals surface area contributed by atoms with E-state index in [1.807, 2.05) is 19.1 Å². The highest BCUT2D eigenvalue weighted by Gasteiger charge is 2.10. The maximum Gasteiger partial charge on any atom is 0.128 e. The van der Waals surface area contributed by atoms with Gasteiger partial charge in [0.25, 0.3) is 0 Å². The molecule has 0 aliphatic rings. The van der Waals surface area contributed by atoms with Gasteiger partial charge >= 0.3 is 0 Å². The number of aliphatic hydroxyl groups is 1. The van der Waals surface area contributed by atoms with Crippen molar-refractivity contribution in [2.24, 2.45) is 0 Å². The lowest BCUT2D eigenvalue weighted by Gasteiger charge is -2.14. The summed E-state index contributed by atoms with van der Waals surface area (Å²) in [5.74, 6) is 1.39. The molecule has 17 heavy (non-hydrogen) atoms. The molecule has 0 bridgehead atoms. The molecule has 94 valence electrons. The standard InChI is InChI=1S/C14H20O3/c1-10(2)7-8-17-14-9-12(16-4)5-6-13(14)11(3)15/h5-6,9,11,15H,1,7-8H2,2-4H3/t11-/m1/s1. The number of rotatable bonds is 6. The zero-order valence-electron chi connectivity index (χ0n) is 10.7. The van der Waals surface area contributed by atoms with Crippen LogP contribution in [0.25, 0.3) is 0 Å². The minimum atomic E-state index is -0.555. The monoisotopic (exact) mass is 236 g/mol. The van der Waals surface area contributed by atoms with Gasteiger partial charge in [-0.05, 0) is 26.0 Å². The third-order valence-corrected chi connectivity index (χ3v) is 2.46. The van der Waals surface area contributed by atoms with Crippen molar-refractivity contribution in [3.8, 4) is 11.5 Å². The highest BCUT2D eigenvalue weighted by atomic mass is 16.5. The highest BCUT2D eigenvalue weighted by molar-refractivity contribution is 5.41. The molecular formula is C14H20O3. The summed E-state index contributed by atoms with van der Waals surface area (Å²) >= 11 is 0. The van der Waals surface area contributed by atoms with Crippen molar-refractivity contribution in [1.29, 1.82) is 0 Å². The summed E-state index contributed by atoms with van der Waals surface area (Å²) in [4.78, 5) is 0. The lowest BCUT2D eigenvalue weighted by molar-refractivity contribution is 0.191. The van der Waals surface area contributed by atoms with Gasteiger partial charge in [-0.25, -0.2) is 0 Å². The fourth-order valence-electron chi connectivity index (χ4n) is 1.45. The van der Waals surface area contributed by atoms with Crippen molar-refractivity contribution < 1.29 is 14.6 Å². The Morgan fingerprint density at radius 3 is 2.71 bits per heavy atom. The molecule has 1 rings (SSSR count). The summed E-state index contributed by atoms with van der Waals surface area (Å²) in [5.41, 5.74) is 1.85. The van der Waals surface area contributed by atoms with Gasteiger partial charge < -0.3 is 14.6 Å². The largest absolute Gasteiger partial charge is 0.497 e. The van der Waals surface area contributed by atoms with Gasteiger partial charge in [0, 0.05) is 18.1 Å². The molecule has 1 N–H and O–H groups in total. The van der Waals surface area contributed by atoms with Gasteiger partial charge in [0.05, 0.1) is 19.8 Å². The Hall–Kier alpha value is -1.48. The predicted molar refractivity (Wildman–Crippen MR) is 68.6 cm³/mol. The molecule has 1 aromatic rings. The average Bonchev–Trinajstić information content (AvgIpc) is 2.28. The molecule has 0 aliphatic carbocycles. The third-order valence-electron chi connectivity index (χ3n) is 2.46. The molecule has 0 amide bonds. The highest BCUT2D eigenvalue weighted by Crippen LogP contribution is 2.29. The fourth-order valence-corrected chi connectivity index (χ4v) is 1.45. The van der Waals surface area contributed by atoms with E-state index in [1.54, 1.807) is 20.1 Å². The van der Waals surface area contributed by atoms with E-state index in [2.05, 4.69) is 6.58 Å². The van der Waals surface area contributed by atoms with Crippen LogP contribution in [-0.2, 0) is 0 Å². The Kier molecular flexibility index (Phi) is 5.04. The lowest BCUT2D eigenvalue weighted by atomic mass is 10.1. The number of methoxy groups -OCH3 is 1.